The Labute approximate surface area is 173 Å². The minimum Gasteiger partial charge on any atom is -0.354 e. The number of para-hydroxylation sites is 1. The lowest BCUT2D eigenvalue weighted by atomic mass is 9.88. The number of nitrogens with zero attached hydrogens (tertiary/aromatic N) is 2. The summed E-state index contributed by atoms with van der Waals surface area (Å²) < 4.78 is 46.1. The van der Waals surface area contributed by atoms with Crippen LogP contribution in [-0.2, 0) is 12.1 Å². The highest BCUT2D eigenvalue weighted by atomic mass is 79.9. The van der Waals surface area contributed by atoms with E-state index >= 15 is 0 Å². The molecule has 29 heavy (non-hydrogen) atoms. The van der Waals surface area contributed by atoms with Crippen LogP contribution >= 0.6 is 15.9 Å². The molecule has 1 atom stereocenters. The van der Waals surface area contributed by atoms with Gasteiger partial charge in [0.1, 0.15) is 0 Å². The van der Waals surface area contributed by atoms with Crippen LogP contribution in [0.2, 0.25) is 0 Å². The van der Waals surface area contributed by atoms with Crippen molar-refractivity contribution in [3.05, 3.63) is 82.8 Å². The average molecular weight is 458 g/mol. The molecule has 5 rings (SSSR count). The molecule has 2 heterocycles. The summed E-state index contributed by atoms with van der Waals surface area (Å²) in [6, 6.07) is 21.1. The van der Waals surface area contributed by atoms with Gasteiger partial charge in [-0.3, -0.25) is 0 Å². The average Bonchev–Trinajstić information content (AvgIpc) is 3.08. The van der Waals surface area contributed by atoms with Gasteiger partial charge in [0.15, 0.2) is 0 Å². The molecule has 0 spiro atoms. The molecule has 1 unspecified atom stereocenters. The van der Waals surface area contributed by atoms with Crippen molar-refractivity contribution in [2.24, 2.45) is 0 Å². The fourth-order valence-corrected chi connectivity index (χ4v) is 4.42. The molecule has 1 aliphatic rings. The number of anilines is 1. The molecular weight excluding hydrogens is 443 g/mol. The van der Waals surface area contributed by atoms with Gasteiger partial charge in [0, 0.05) is 27.5 Å². The first-order valence-electron chi connectivity index (χ1n) is 9.06. The largest absolute Gasteiger partial charge is 0.432 e. The SMILES string of the molecule is FC(F)(F)C1(Nc2ccccc2)Cc2cc(Br)ccc2-c2c3ccccc3nn21. The zero-order valence-corrected chi connectivity index (χ0v) is 16.6. The number of rotatable bonds is 2. The number of alkyl halides is 3. The van der Waals surface area contributed by atoms with Gasteiger partial charge in [-0.05, 0) is 35.9 Å². The lowest BCUT2D eigenvalue weighted by Crippen LogP contribution is -2.57. The molecule has 0 radical (unpaired) electrons. The van der Waals surface area contributed by atoms with Gasteiger partial charge in [0.25, 0.3) is 0 Å². The smallest absolute Gasteiger partial charge is 0.354 e. The minimum absolute atomic E-state index is 0.277. The zero-order valence-electron chi connectivity index (χ0n) is 15.0. The maximum absolute atomic E-state index is 14.7. The van der Waals surface area contributed by atoms with Gasteiger partial charge in [-0.2, -0.15) is 18.3 Å². The lowest BCUT2D eigenvalue weighted by molar-refractivity contribution is -0.208. The van der Waals surface area contributed by atoms with Crippen molar-refractivity contribution < 1.29 is 13.2 Å². The fourth-order valence-electron chi connectivity index (χ4n) is 4.01. The van der Waals surface area contributed by atoms with Crippen LogP contribution in [0.15, 0.2) is 77.3 Å². The summed E-state index contributed by atoms with van der Waals surface area (Å²) in [6.07, 6.45) is -4.87. The third-order valence-electron chi connectivity index (χ3n) is 5.30. The van der Waals surface area contributed by atoms with Gasteiger partial charge in [-0.1, -0.05) is 58.4 Å². The Bertz CT molecular complexity index is 1220. The fraction of sp³-hybridized carbons (Fsp3) is 0.136. The Morgan fingerprint density at radius 3 is 2.45 bits per heavy atom. The molecule has 146 valence electrons. The molecule has 3 aromatic carbocycles. The Hall–Kier alpha value is -2.80. The highest BCUT2D eigenvalue weighted by molar-refractivity contribution is 9.10. The van der Waals surface area contributed by atoms with Gasteiger partial charge >= 0.3 is 6.18 Å². The Balaban J connectivity index is 1.85. The van der Waals surface area contributed by atoms with Gasteiger partial charge in [-0.25, -0.2) is 4.68 Å². The molecule has 7 heteroatoms. The van der Waals surface area contributed by atoms with Crippen LogP contribution in [0.5, 0.6) is 0 Å². The monoisotopic (exact) mass is 457 g/mol. The van der Waals surface area contributed by atoms with Gasteiger partial charge in [-0.15, -0.1) is 0 Å². The van der Waals surface area contributed by atoms with Crippen molar-refractivity contribution in [1.82, 2.24) is 9.78 Å². The van der Waals surface area contributed by atoms with E-state index in [4.69, 9.17) is 0 Å². The van der Waals surface area contributed by atoms with Crippen LogP contribution in [0, 0.1) is 0 Å². The van der Waals surface area contributed by atoms with Crippen LogP contribution in [0.3, 0.4) is 0 Å². The molecule has 0 aliphatic carbocycles. The van der Waals surface area contributed by atoms with Crippen molar-refractivity contribution in [1.29, 1.82) is 0 Å². The van der Waals surface area contributed by atoms with Gasteiger partial charge in [0.05, 0.1) is 11.2 Å². The van der Waals surface area contributed by atoms with Crippen molar-refractivity contribution in [2.75, 3.05) is 5.32 Å². The lowest BCUT2D eigenvalue weighted by Gasteiger charge is -2.41. The molecular formula is C22H15BrF3N3. The number of benzene rings is 3. The Morgan fingerprint density at radius 1 is 0.966 bits per heavy atom. The van der Waals surface area contributed by atoms with Gasteiger partial charge < -0.3 is 5.32 Å². The molecule has 3 nitrogen and oxygen atoms in total. The summed E-state index contributed by atoms with van der Waals surface area (Å²) in [5.41, 5.74) is 0.344. The maximum Gasteiger partial charge on any atom is 0.432 e. The Morgan fingerprint density at radius 2 is 1.69 bits per heavy atom. The molecule has 0 bridgehead atoms. The van der Waals surface area contributed by atoms with Crippen LogP contribution in [0.1, 0.15) is 5.56 Å². The van der Waals surface area contributed by atoms with Crippen molar-refractivity contribution >= 4 is 32.5 Å². The summed E-state index contributed by atoms with van der Waals surface area (Å²) in [7, 11) is 0. The predicted octanol–water partition coefficient (Wildman–Crippen LogP) is 6.35. The van der Waals surface area contributed by atoms with E-state index < -0.39 is 11.8 Å². The van der Waals surface area contributed by atoms with Crippen molar-refractivity contribution in [3.63, 3.8) is 0 Å². The number of aromatic nitrogens is 2. The Kier molecular flexibility index (Phi) is 4.00. The van der Waals surface area contributed by atoms with E-state index in [1.165, 1.54) is 0 Å². The highest BCUT2D eigenvalue weighted by Gasteiger charge is 2.60. The molecule has 0 fully saturated rings. The minimum atomic E-state index is -4.60. The molecule has 4 aromatic rings. The maximum atomic E-state index is 14.7. The molecule has 0 saturated carbocycles. The van der Waals surface area contributed by atoms with E-state index in [-0.39, 0.29) is 6.42 Å². The summed E-state index contributed by atoms with van der Waals surface area (Å²) in [4.78, 5) is 0. The quantitative estimate of drug-likeness (QED) is 0.380. The molecule has 0 amide bonds. The molecule has 1 N–H and O–H groups in total. The first-order chi connectivity index (χ1) is 13.9. The van der Waals surface area contributed by atoms with Crippen LogP contribution in [0.4, 0.5) is 18.9 Å². The second-order valence-corrected chi connectivity index (χ2v) is 8.02. The number of hydrogen-bond acceptors (Lipinski definition) is 2. The highest BCUT2D eigenvalue weighted by Crippen LogP contribution is 2.49. The van der Waals surface area contributed by atoms with Crippen LogP contribution in [0.25, 0.3) is 22.2 Å². The number of fused-ring (bicyclic) bond motifs is 5. The summed E-state index contributed by atoms with van der Waals surface area (Å²) in [5, 5.41) is 7.88. The summed E-state index contributed by atoms with van der Waals surface area (Å²) >= 11 is 3.40. The van der Waals surface area contributed by atoms with E-state index in [0.717, 1.165) is 14.7 Å². The summed E-state index contributed by atoms with van der Waals surface area (Å²) in [5.74, 6) is 0. The number of halogens is 4. The standard InChI is InChI=1S/C22H15BrF3N3/c23-15-10-11-17-14(12-15)13-21(22(24,25)26,27-16-6-2-1-3-7-16)29-20(17)18-8-4-5-9-19(18)28-29/h1-12,27H,13H2. The first-order valence-corrected chi connectivity index (χ1v) is 9.85. The third kappa shape index (κ3) is 2.75. The normalized spacial score (nSPS) is 18.3. The second-order valence-electron chi connectivity index (χ2n) is 7.10. The second kappa shape index (κ2) is 6.35. The van der Waals surface area contributed by atoms with E-state index in [2.05, 4.69) is 26.3 Å². The van der Waals surface area contributed by atoms with Crippen molar-refractivity contribution in [3.8, 4) is 11.3 Å². The van der Waals surface area contributed by atoms with E-state index in [1.807, 2.05) is 24.3 Å². The summed E-state index contributed by atoms with van der Waals surface area (Å²) in [6.45, 7) is 0. The van der Waals surface area contributed by atoms with Crippen LogP contribution < -0.4 is 5.32 Å². The molecule has 0 saturated heterocycles. The zero-order chi connectivity index (χ0) is 20.2. The topological polar surface area (TPSA) is 29.9 Å². The van der Waals surface area contributed by atoms with Crippen LogP contribution in [-0.4, -0.2) is 16.0 Å². The van der Waals surface area contributed by atoms with Gasteiger partial charge in [0.2, 0.25) is 5.66 Å². The van der Waals surface area contributed by atoms with E-state index in [0.29, 0.717) is 27.8 Å². The van der Waals surface area contributed by atoms with Crippen molar-refractivity contribution in [2.45, 2.75) is 18.3 Å². The first kappa shape index (κ1) is 18.2. The van der Waals surface area contributed by atoms with E-state index in [9.17, 15) is 13.2 Å². The number of nitrogens with one attached hydrogen (secondary N) is 1. The molecule has 1 aliphatic heterocycles. The predicted molar refractivity (Wildman–Crippen MR) is 111 cm³/mol. The third-order valence-corrected chi connectivity index (χ3v) is 5.80. The molecule has 1 aromatic heterocycles. The van der Waals surface area contributed by atoms with E-state index in [1.54, 1.807) is 48.5 Å². The number of hydrogen-bond donors (Lipinski definition) is 1.